The molecule has 2 N–H and O–H groups in total. The number of aromatic nitrogens is 2. The highest BCUT2D eigenvalue weighted by atomic mass is 79.9. The standard InChI is InChI=1S/C20H21BrClN4OP/c1-4-13-9-10-14(11-16(13)22)24-20-23-12-15(21)19(26-20)25-17-7-5-6-8-18(17)28(2,3)27/h5-12H,4H2,1-3H3,(H2,23,24,25,26). The first-order valence-corrected chi connectivity index (χ1v) is 12.5. The normalized spacial score (nSPS) is 11.3. The van der Waals surface area contributed by atoms with Gasteiger partial charge in [0.2, 0.25) is 5.95 Å². The number of rotatable bonds is 6. The average Bonchev–Trinajstić information content (AvgIpc) is 2.64. The molecule has 0 atom stereocenters. The van der Waals surface area contributed by atoms with Crippen molar-refractivity contribution in [1.82, 2.24) is 9.97 Å². The SMILES string of the molecule is CCc1ccc(Nc2ncc(Br)c(Nc3ccccc3P(C)(C)=O)n2)cc1Cl. The molecule has 0 bridgehead atoms. The van der Waals surface area contributed by atoms with Gasteiger partial charge in [0.25, 0.3) is 0 Å². The summed E-state index contributed by atoms with van der Waals surface area (Å²) >= 11 is 9.77. The number of anilines is 4. The predicted octanol–water partition coefficient (Wildman–Crippen LogP) is 6.19. The van der Waals surface area contributed by atoms with Gasteiger partial charge >= 0.3 is 0 Å². The lowest BCUT2D eigenvalue weighted by Gasteiger charge is -2.16. The van der Waals surface area contributed by atoms with Crippen molar-refractivity contribution in [2.45, 2.75) is 13.3 Å². The van der Waals surface area contributed by atoms with Gasteiger partial charge in [-0.15, -0.1) is 0 Å². The number of hydrogen-bond donors (Lipinski definition) is 2. The van der Waals surface area contributed by atoms with Crippen molar-refractivity contribution >= 4 is 63.1 Å². The van der Waals surface area contributed by atoms with Crippen LogP contribution in [0.15, 0.2) is 53.1 Å². The van der Waals surface area contributed by atoms with Crippen LogP contribution in [-0.4, -0.2) is 23.3 Å². The summed E-state index contributed by atoms with van der Waals surface area (Å²) in [5, 5.41) is 7.92. The van der Waals surface area contributed by atoms with E-state index in [4.69, 9.17) is 11.6 Å². The Balaban J connectivity index is 1.89. The third-order valence-corrected chi connectivity index (χ3v) is 6.65. The third kappa shape index (κ3) is 4.93. The molecule has 0 saturated carbocycles. The molecule has 0 fully saturated rings. The molecule has 8 heteroatoms. The van der Waals surface area contributed by atoms with Crippen LogP contribution < -0.4 is 15.9 Å². The molecule has 0 amide bonds. The van der Waals surface area contributed by atoms with Crippen LogP contribution in [0.25, 0.3) is 0 Å². The van der Waals surface area contributed by atoms with Crippen LogP contribution in [0.1, 0.15) is 12.5 Å². The fourth-order valence-corrected chi connectivity index (χ4v) is 4.49. The Bertz CT molecular complexity index is 1050. The molecule has 5 nitrogen and oxygen atoms in total. The van der Waals surface area contributed by atoms with Crippen molar-refractivity contribution in [1.29, 1.82) is 0 Å². The van der Waals surface area contributed by atoms with Gasteiger partial charge in [0.05, 0.1) is 10.2 Å². The van der Waals surface area contributed by atoms with Crippen molar-refractivity contribution in [3.63, 3.8) is 0 Å². The summed E-state index contributed by atoms with van der Waals surface area (Å²) in [4.78, 5) is 8.86. The Morgan fingerprint density at radius 1 is 1.14 bits per heavy atom. The number of halogens is 2. The molecule has 0 unspecified atom stereocenters. The molecule has 146 valence electrons. The molecule has 0 aliphatic heterocycles. The summed E-state index contributed by atoms with van der Waals surface area (Å²) < 4.78 is 13.3. The minimum Gasteiger partial charge on any atom is -0.339 e. The highest BCUT2D eigenvalue weighted by Crippen LogP contribution is 2.38. The Kier molecular flexibility index (Phi) is 6.43. The molecule has 3 aromatic rings. The van der Waals surface area contributed by atoms with Gasteiger partial charge in [-0.1, -0.05) is 36.7 Å². The first-order valence-electron chi connectivity index (χ1n) is 8.77. The summed E-state index contributed by atoms with van der Waals surface area (Å²) in [6.07, 6.45) is 2.54. The molecule has 3 rings (SSSR count). The zero-order valence-corrected chi connectivity index (χ0v) is 19.1. The van der Waals surface area contributed by atoms with E-state index in [0.717, 1.165) is 28.7 Å². The van der Waals surface area contributed by atoms with Crippen molar-refractivity contribution in [2.24, 2.45) is 0 Å². The molecule has 0 radical (unpaired) electrons. The maximum Gasteiger partial charge on any atom is 0.229 e. The molecule has 0 saturated heterocycles. The first kappa shape index (κ1) is 20.8. The molecule has 28 heavy (non-hydrogen) atoms. The van der Waals surface area contributed by atoms with E-state index in [0.29, 0.717) is 21.3 Å². The summed E-state index contributed by atoms with van der Waals surface area (Å²) in [7, 11) is -2.44. The minimum absolute atomic E-state index is 0.430. The number of benzene rings is 2. The predicted molar refractivity (Wildman–Crippen MR) is 123 cm³/mol. The monoisotopic (exact) mass is 478 g/mol. The summed E-state index contributed by atoms with van der Waals surface area (Å²) in [5.74, 6) is 1.01. The van der Waals surface area contributed by atoms with Crippen LogP contribution >= 0.6 is 34.7 Å². The Hall–Kier alpha value is -1.88. The van der Waals surface area contributed by atoms with Gasteiger partial charge in [0.15, 0.2) is 0 Å². The molecule has 0 spiro atoms. The molecule has 1 heterocycles. The molecule has 2 aromatic carbocycles. The molecule has 0 aliphatic carbocycles. The van der Waals surface area contributed by atoms with E-state index in [-0.39, 0.29) is 0 Å². The van der Waals surface area contributed by atoms with Crippen LogP contribution in [0.5, 0.6) is 0 Å². The second-order valence-corrected chi connectivity index (χ2v) is 11.1. The lowest BCUT2D eigenvalue weighted by molar-refractivity contribution is 0.588. The van der Waals surface area contributed by atoms with Gasteiger partial charge in [-0.3, -0.25) is 0 Å². The first-order chi connectivity index (χ1) is 13.3. The van der Waals surface area contributed by atoms with Gasteiger partial charge in [-0.05, 0) is 65.5 Å². The topological polar surface area (TPSA) is 66.9 Å². The van der Waals surface area contributed by atoms with Gasteiger partial charge in [0, 0.05) is 22.2 Å². The zero-order chi connectivity index (χ0) is 20.3. The van der Waals surface area contributed by atoms with Crippen LogP contribution in [0.3, 0.4) is 0 Å². The van der Waals surface area contributed by atoms with Crippen LogP contribution in [0, 0.1) is 0 Å². The average molecular weight is 480 g/mol. The number of nitrogens with zero attached hydrogens (tertiary/aromatic N) is 2. The minimum atomic E-state index is -2.44. The summed E-state index contributed by atoms with van der Waals surface area (Å²) in [6, 6.07) is 13.3. The maximum atomic E-state index is 12.6. The lowest BCUT2D eigenvalue weighted by atomic mass is 10.1. The molecular formula is C20H21BrClN4OP. The fourth-order valence-electron chi connectivity index (χ4n) is 2.73. The largest absolute Gasteiger partial charge is 0.339 e. The van der Waals surface area contributed by atoms with E-state index in [2.05, 4.69) is 43.5 Å². The van der Waals surface area contributed by atoms with Gasteiger partial charge in [0.1, 0.15) is 13.0 Å². The Morgan fingerprint density at radius 3 is 2.57 bits per heavy atom. The van der Waals surface area contributed by atoms with Crippen molar-refractivity contribution < 1.29 is 4.57 Å². The quantitative estimate of drug-likeness (QED) is 0.413. The zero-order valence-electron chi connectivity index (χ0n) is 15.8. The summed E-state index contributed by atoms with van der Waals surface area (Å²) in [6.45, 7) is 5.56. The van der Waals surface area contributed by atoms with Crippen molar-refractivity contribution in [3.8, 4) is 0 Å². The van der Waals surface area contributed by atoms with E-state index in [1.807, 2.05) is 42.5 Å². The van der Waals surface area contributed by atoms with E-state index in [1.165, 1.54) is 0 Å². The van der Waals surface area contributed by atoms with Crippen LogP contribution in [-0.2, 0) is 11.0 Å². The Morgan fingerprint density at radius 2 is 1.89 bits per heavy atom. The van der Waals surface area contributed by atoms with E-state index in [9.17, 15) is 4.57 Å². The lowest BCUT2D eigenvalue weighted by Crippen LogP contribution is -2.11. The van der Waals surface area contributed by atoms with Gasteiger partial charge in [-0.25, -0.2) is 4.98 Å². The second kappa shape index (κ2) is 8.64. The molecular weight excluding hydrogens is 459 g/mol. The highest BCUT2D eigenvalue weighted by Gasteiger charge is 2.17. The highest BCUT2D eigenvalue weighted by molar-refractivity contribution is 9.10. The second-order valence-electron chi connectivity index (χ2n) is 6.67. The number of hydrogen-bond acceptors (Lipinski definition) is 5. The molecule has 1 aromatic heterocycles. The van der Waals surface area contributed by atoms with E-state index >= 15 is 0 Å². The molecule has 0 aliphatic rings. The van der Waals surface area contributed by atoms with E-state index < -0.39 is 7.14 Å². The van der Waals surface area contributed by atoms with Gasteiger partial charge in [-0.2, -0.15) is 4.98 Å². The maximum absolute atomic E-state index is 12.6. The number of aryl methyl sites for hydroxylation is 1. The Labute approximate surface area is 178 Å². The van der Waals surface area contributed by atoms with Crippen LogP contribution in [0.4, 0.5) is 23.1 Å². The van der Waals surface area contributed by atoms with Gasteiger partial charge < -0.3 is 15.2 Å². The van der Waals surface area contributed by atoms with Crippen LogP contribution in [0.2, 0.25) is 5.02 Å². The third-order valence-electron chi connectivity index (χ3n) is 4.17. The fraction of sp³-hybridized carbons (Fsp3) is 0.200. The number of nitrogens with one attached hydrogen (secondary N) is 2. The van der Waals surface area contributed by atoms with Crippen molar-refractivity contribution in [3.05, 3.63) is 63.7 Å². The number of para-hydroxylation sites is 1. The smallest absolute Gasteiger partial charge is 0.229 e. The summed E-state index contributed by atoms with van der Waals surface area (Å²) in [5.41, 5.74) is 2.66. The van der Waals surface area contributed by atoms with Crippen molar-refractivity contribution in [2.75, 3.05) is 24.0 Å². The van der Waals surface area contributed by atoms with E-state index in [1.54, 1.807) is 19.5 Å².